The minimum Gasteiger partial charge on any atom is -0.444 e. The first kappa shape index (κ1) is 20.9. The predicted molar refractivity (Wildman–Crippen MR) is 118 cm³/mol. The molecule has 4 heterocycles. The number of carbonyl (C=O) groups is 1. The Hall–Kier alpha value is -3.95. The molecule has 1 amide bonds. The number of amidine groups is 1. The molecule has 0 unspecified atom stereocenters. The lowest BCUT2D eigenvalue weighted by atomic mass is 10.1. The number of cyclic esters (lactones) is 1. The topological polar surface area (TPSA) is 93.3 Å². The molecule has 2 aliphatic rings. The van der Waals surface area contributed by atoms with Crippen molar-refractivity contribution in [1.29, 1.82) is 0 Å². The maximum absolute atomic E-state index is 15.0. The number of nitrogens with zero attached hydrogens (tertiary/aromatic N) is 5. The Kier molecular flexibility index (Phi) is 5.64. The molecule has 5 rings (SSSR count). The van der Waals surface area contributed by atoms with E-state index in [-0.39, 0.29) is 6.10 Å². The van der Waals surface area contributed by atoms with Gasteiger partial charge < -0.3 is 19.0 Å². The first-order valence-corrected chi connectivity index (χ1v) is 10.7. The van der Waals surface area contributed by atoms with Gasteiger partial charge in [0.2, 0.25) is 0 Å². The SMILES string of the molecule is CC1=NOCCN1c1ccc(-c2ccc(N3C[C@H](CCc4ccno4)OC3=O)cc2F)cn1. The zero-order valence-electron chi connectivity index (χ0n) is 18.0. The Morgan fingerprint density at radius 3 is 2.82 bits per heavy atom. The van der Waals surface area contributed by atoms with Gasteiger partial charge in [0.15, 0.2) is 0 Å². The molecule has 9 nitrogen and oxygen atoms in total. The van der Waals surface area contributed by atoms with Gasteiger partial charge in [0.25, 0.3) is 0 Å². The van der Waals surface area contributed by atoms with E-state index < -0.39 is 11.9 Å². The summed E-state index contributed by atoms with van der Waals surface area (Å²) in [7, 11) is 0. The maximum Gasteiger partial charge on any atom is 0.414 e. The van der Waals surface area contributed by atoms with Crippen LogP contribution in [-0.4, -0.2) is 47.9 Å². The molecule has 0 saturated carbocycles. The maximum atomic E-state index is 15.0. The fraction of sp³-hybridized carbons (Fsp3) is 0.304. The number of amides is 1. The summed E-state index contributed by atoms with van der Waals surface area (Å²) in [6.45, 7) is 3.32. The second-order valence-electron chi connectivity index (χ2n) is 7.83. The van der Waals surface area contributed by atoms with Crippen molar-refractivity contribution >= 4 is 23.4 Å². The highest BCUT2D eigenvalue weighted by Gasteiger charge is 2.32. The molecule has 1 atom stereocenters. The van der Waals surface area contributed by atoms with E-state index in [1.165, 1.54) is 11.0 Å². The van der Waals surface area contributed by atoms with Gasteiger partial charge in [-0.15, -0.1) is 0 Å². The lowest BCUT2D eigenvalue weighted by molar-refractivity contribution is 0.135. The number of pyridine rings is 1. The summed E-state index contributed by atoms with van der Waals surface area (Å²) in [6, 6.07) is 10.1. The molecule has 10 heteroatoms. The molecule has 0 bridgehead atoms. The van der Waals surface area contributed by atoms with E-state index in [1.807, 2.05) is 24.0 Å². The molecular weight excluding hydrogens is 429 g/mol. The lowest BCUT2D eigenvalue weighted by Gasteiger charge is -2.25. The summed E-state index contributed by atoms with van der Waals surface area (Å²) in [4.78, 5) is 25.2. The number of ether oxygens (including phenoxy) is 1. The third kappa shape index (κ3) is 4.36. The largest absolute Gasteiger partial charge is 0.444 e. The van der Waals surface area contributed by atoms with E-state index in [1.54, 1.807) is 30.6 Å². The average Bonchev–Trinajstić information content (AvgIpc) is 3.48. The first-order chi connectivity index (χ1) is 16.1. The van der Waals surface area contributed by atoms with E-state index >= 15 is 0 Å². The van der Waals surface area contributed by atoms with E-state index in [2.05, 4.69) is 15.3 Å². The Bertz CT molecular complexity index is 1170. The van der Waals surface area contributed by atoms with Crippen LogP contribution in [0, 0.1) is 5.82 Å². The first-order valence-electron chi connectivity index (χ1n) is 10.7. The third-order valence-corrected chi connectivity index (χ3v) is 5.67. The monoisotopic (exact) mass is 451 g/mol. The van der Waals surface area contributed by atoms with Crippen LogP contribution in [0.15, 0.2) is 58.5 Å². The van der Waals surface area contributed by atoms with Crippen LogP contribution in [0.2, 0.25) is 0 Å². The number of aryl methyl sites for hydroxylation is 1. The fourth-order valence-electron chi connectivity index (χ4n) is 3.93. The van der Waals surface area contributed by atoms with Crippen molar-refractivity contribution in [3.8, 4) is 11.1 Å². The number of hydrogen-bond donors (Lipinski definition) is 0. The Balaban J connectivity index is 1.28. The minimum atomic E-state index is -0.488. The molecular formula is C23H22FN5O4. The number of halogens is 1. The van der Waals surface area contributed by atoms with Crippen molar-refractivity contribution < 1.29 is 23.3 Å². The Morgan fingerprint density at radius 2 is 2.09 bits per heavy atom. The summed E-state index contributed by atoms with van der Waals surface area (Å²) in [5.74, 6) is 1.73. The van der Waals surface area contributed by atoms with Gasteiger partial charge in [0.1, 0.15) is 35.9 Å². The van der Waals surface area contributed by atoms with Gasteiger partial charge in [-0.05, 0) is 43.7 Å². The minimum absolute atomic E-state index is 0.297. The number of aromatic nitrogens is 2. The molecule has 1 fully saturated rings. The zero-order valence-corrected chi connectivity index (χ0v) is 18.0. The summed E-state index contributed by atoms with van der Waals surface area (Å²) in [6.07, 6.45) is 3.63. The second kappa shape index (κ2) is 8.89. The van der Waals surface area contributed by atoms with Gasteiger partial charge in [-0.1, -0.05) is 10.3 Å². The van der Waals surface area contributed by atoms with Crippen LogP contribution in [-0.2, 0) is 16.0 Å². The van der Waals surface area contributed by atoms with E-state index in [0.717, 1.165) is 11.6 Å². The third-order valence-electron chi connectivity index (χ3n) is 5.67. The molecule has 1 saturated heterocycles. The van der Waals surface area contributed by atoms with Crippen LogP contribution in [0.3, 0.4) is 0 Å². The smallest absolute Gasteiger partial charge is 0.414 e. The van der Waals surface area contributed by atoms with E-state index in [0.29, 0.717) is 55.2 Å². The van der Waals surface area contributed by atoms with Gasteiger partial charge >= 0.3 is 6.09 Å². The fourth-order valence-corrected chi connectivity index (χ4v) is 3.93. The highest BCUT2D eigenvalue weighted by molar-refractivity contribution is 5.95. The molecule has 0 radical (unpaired) electrons. The van der Waals surface area contributed by atoms with Gasteiger partial charge in [-0.2, -0.15) is 0 Å². The van der Waals surface area contributed by atoms with E-state index in [4.69, 9.17) is 14.1 Å². The van der Waals surface area contributed by atoms with Crippen molar-refractivity contribution in [1.82, 2.24) is 10.1 Å². The zero-order chi connectivity index (χ0) is 22.8. The van der Waals surface area contributed by atoms with Crippen LogP contribution in [0.1, 0.15) is 19.1 Å². The predicted octanol–water partition coefficient (Wildman–Crippen LogP) is 4.00. The quantitative estimate of drug-likeness (QED) is 0.559. The molecule has 170 valence electrons. The van der Waals surface area contributed by atoms with Crippen molar-refractivity contribution in [3.05, 3.63) is 60.4 Å². The van der Waals surface area contributed by atoms with Crippen molar-refractivity contribution in [3.63, 3.8) is 0 Å². The highest BCUT2D eigenvalue weighted by Crippen LogP contribution is 2.30. The molecule has 2 aromatic heterocycles. The molecule has 3 aromatic rings. The van der Waals surface area contributed by atoms with Gasteiger partial charge in [-0.25, -0.2) is 14.2 Å². The van der Waals surface area contributed by atoms with Gasteiger partial charge in [0.05, 0.1) is 25.0 Å². The lowest BCUT2D eigenvalue weighted by Crippen LogP contribution is -2.36. The summed E-state index contributed by atoms with van der Waals surface area (Å²) >= 11 is 0. The van der Waals surface area contributed by atoms with Gasteiger partial charge in [-0.3, -0.25) is 4.90 Å². The van der Waals surface area contributed by atoms with Crippen LogP contribution < -0.4 is 9.80 Å². The number of oxime groups is 1. The number of benzene rings is 1. The number of hydrogen-bond acceptors (Lipinski definition) is 8. The molecule has 1 aromatic carbocycles. The van der Waals surface area contributed by atoms with Crippen LogP contribution in [0.5, 0.6) is 0 Å². The van der Waals surface area contributed by atoms with Crippen molar-refractivity contribution in [2.24, 2.45) is 5.16 Å². The van der Waals surface area contributed by atoms with Crippen LogP contribution >= 0.6 is 0 Å². The molecule has 33 heavy (non-hydrogen) atoms. The Labute approximate surface area is 189 Å². The summed E-state index contributed by atoms with van der Waals surface area (Å²) in [5, 5.41) is 7.63. The summed E-state index contributed by atoms with van der Waals surface area (Å²) in [5.41, 5.74) is 1.49. The van der Waals surface area contributed by atoms with E-state index in [9.17, 15) is 9.18 Å². The number of anilines is 2. The number of carbonyl (C=O) groups excluding carboxylic acids is 1. The normalized spacial score (nSPS) is 18.2. The molecule has 0 aliphatic carbocycles. The molecule has 0 spiro atoms. The second-order valence-corrected chi connectivity index (χ2v) is 7.83. The van der Waals surface area contributed by atoms with Crippen LogP contribution in [0.4, 0.5) is 20.7 Å². The van der Waals surface area contributed by atoms with Crippen molar-refractivity contribution in [2.75, 3.05) is 29.5 Å². The average molecular weight is 451 g/mol. The summed E-state index contributed by atoms with van der Waals surface area (Å²) < 4.78 is 25.5. The Morgan fingerprint density at radius 1 is 1.18 bits per heavy atom. The van der Waals surface area contributed by atoms with Crippen LogP contribution in [0.25, 0.3) is 11.1 Å². The number of rotatable bonds is 6. The highest BCUT2D eigenvalue weighted by atomic mass is 19.1. The standard InChI is InChI=1S/C23H22FN5O4/c1-15-27-31-11-10-28(15)22-7-2-16(13-25-22)20-6-3-17(12-21(20)24)29-14-19(32-23(29)30)5-4-18-8-9-26-33-18/h2-3,6-9,12-13,19H,4-5,10-11,14H2,1H3/t19-/m0/s1. The molecule has 2 aliphatic heterocycles. The van der Waals surface area contributed by atoms with Crippen molar-refractivity contribution in [2.45, 2.75) is 25.9 Å². The van der Waals surface area contributed by atoms with Gasteiger partial charge in [0, 0.05) is 29.8 Å². The molecule has 0 N–H and O–H groups in total.